The zero-order valence-electron chi connectivity index (χ0n) is 17.9. The zero-order valence-corrected chi connectivity index (χ0v) is 18.7. The summed E-state index contributed by atoms with van der Waals surface area (Å²) < 4.78 is 1.67. The quantitative estimate of drug-likeness (QED) is 0.698. The van der Waals surface area contributed by atoms with E-state index in [4.69, 9.17) is 0 Å². The maximum absolute atomic E-state index is 13.1. The van der Waals surface area contributed by atoms with Crippen LogP contribution in [0.4, 0.5) is 0 Å². The van der Waals surface area contributed by atoms with Crippen LogP contribution in [0.5, 0.6) is 0 Å². The number of aromatic nitrogens is 3. The molecule has 160 valence electrons. The molecule has 1 atom stereocenters. The summed E-state index contributed by atoms with van der Waals surface area (Å²) in [6.07, 6.45) is 1.81. The third-order valence-electron chi connectivity index (χ3n) is 5.70. The second kappa shape index (κ2) is 8.51. The number of amides is 1. The first-order chi connectivity index (χ1) is 14.3. The van der Waals surface area contributed by atoms with Crippen LogP contribution < -0.4 is 5.56 Å². The summed E-state index contributed by atoms with van der Waals surface area (Å²) in [6, 6.07) is 7.57. The lowest BCUT2D eigenvalue weighted by Crippen LogP contribution is -2.51. The second-order valence-electron chi connectivity index (χ2n) is 9.05. The van der Waals surface area contributed by atoms with Gasteiger partial charge in [0, 0.05) is 62.7 Å². The van der Waals surface area contributed by atoms with Crippen molar-refractivity contribution in [3.05, 3.63) is 52.2 Å². The van der Waals surface area contributed by atoms with Crippen molar-refractivity contribution in [2.75, 3.05) is 31.9 Å². The number of rotatable bonds is 3. The summed E-state index contributed by atoms with van der Waals surface area (Å²) in [5, 5.41) is 0.733. The van der Waals surface area contributed by atoms with Gasteiger partial charge in [-0.3, -0.25) is 24.0 Å². The molecule has 8 heteroatoms. The van der Waals surface area contributed by atoms with E-state index in [9.17, 15) is 9.59 Å². The van der Waals surface area contributed by atoms with Crippen LogP contribution in [0.2, 0.25) is 0 Å². The second-order valence-corrected chi connectivity index (χ2v) is 10.0. The third kappa shape index (κ3) is 4.59. The largest absolute Gasteiger partial charge is 0.340 e. The molecule has 30 heavy (non-hydrogen) atoms. The standard InChI is InChI=1S/C22H29N5O2S/c1-22(2,3)18-12-19(28)27-13-16(15-30-21(27)24-18)20(29)26-10-8-25(9-11-26)14-17-6-4-5-7-23-17/h4-7,12,16H,8-11,13-15H2,1-3H3. The first-order valence-corrected chi connectivity index (χ1v) is 11.5. The third-order valence-corrected chi connectivity index (χ3v) is 6.84. The molecule has 0 spiro atoms. The SMILES string of the molecule is CC(C)(C)c1cc(=O)n2c(n1)SCC(C(=O)N1CCN(Cc3ccccn3)CC1)C2. The Morgan fingerprint density at radius 2 is 1.97 bits per heavy atom. The van der Waals surface area contributed by atoms with Crippen molar-refractivity contribution in [2.24, 2.45) is 5.92 Å². The van der Waals surface area contributed by atoms with Crippen LogP contribution in [-0.2, 0) is 23.3 Å². The Labute approximate surface area is 181 Å². The number of pyridine rings is 1. The predicted octanol–water partition coefficient (Wildman–Crippen LogP) is 2.00. The normalized spacial score (nSPS) is 20.1. The van der Waals surface area contributed by atoms with Crippen LogP contribution in [0, 0.1) is 5.92 Å². The van der Waals surface area contributed by atoms with Gasteiger partial charge in [-0.1, -0.05) is 38.6 Å². The van der Waals surface area contributed by atoms with Gasteiger partial charge in [-0.15, -0.1) is 0 Å². The number of fused-ring (bicyclic) bond motifs is 1. The molecule has 4 heterocycles. The molecule has 0 radical (unpaired) electrons. The zero-order chi connectivity index (χ0) is 21.3. The van der Waals surface area contributed by atoms with Crippen LogP contribution in [0.3, 0.4) is 0 Å². The van der Waals surface area contributed by atoms with Crippen molar-refractivity contribution in [3.8, 4) is 0 Å². The van der Waals surface area contributed by atoms with E-state index in [0.717, 1.165) is 49.3 Å². The summed E-state index contributed by atoms with van der Waals surface area (Å²) in [7, 11) is 0. The number of nitrogens with zero attached hydrogens (tertiary/aromatic N) is 5. The Morgan fingerprint density at radius 3 is 2.63 bits per heavy atom. The van der Waals surface area contributed by atoms with Crippen LogP contribution in [-0.4, -0.2) is 62.2 Å². The lowest BCUT2D eigenvalue weighted by Gasteiger charge is -2.37. The van der Waals surface area contributed by atoms with Gasteiger partial charge >= 0.3 is 0 Å². The minimum Gasteiger partial charge on any atom is -0.340 e. The minimum absolute atomic E-state index is 0.0601. The highest BCUT2D eigenvalue weighted by molar-refractivity contribution is 7.99. The van der Waals surface area contributed by atoms with E-state index in [-0.39, 0.29) is 22.8 Å². The Morgan fingerprint density at radius 1 is 1.20 bits per heavy atom. The number of carbonyl (C=O) groups excluding carboxylic acids is 1. The van der Waals surface area contributed by atoms with Gasteiger partial charge in [0.05, 0.1) is 17.3 Å². The van der Waals surface area contributed by atoms with Crippen LogP contribution in [0.25, 0.3) is 0 Å². The Balaban J connectivity index is 1.37. The van der Waals surface area contributed by atoms with Gasteiger partial charge in [0.1, 0.15) is 0 Å². The highest BCUT2D eigenvalue weighted by atomic mass is 32.2. The Bertz CT molecular complexity index is 962. The van der Waals surface area contributed by atoms with E-state index in [0.29, 0.717) is 12.3 Å². The van der Waals surface area contributed by atoms with Crippen LogP contribution in [0.15, 0.2) is 40.4 Å². The molecule has 2 aromatic rings. The molecule has 0 saturated carbocycles. The molecular weight excluding hydrogens is 398 g/mol. The molecule has 1 fully saturated rings. The van der Waals surface area contributed by atoms with E-state index >= 15 is 0 Å². The fourth-order valence-electron chi connectivity index (χ4n) is 3.85. The summed E-state index contributed by atoms with van der Waals surface area (Å²) in [4.78, 5) is 39.1. The molecule has 0 aliphatic carbocycles. The molecule has 7 nitrogen and oxygen atoms in total. The minimum atomic E-state index is -0.176. The number of thioether (sulfide) groups is 1. The predicted molar refractivity (Wildman–Crippen MR) is 118 cm³/mol. The number of hydrogen-bond acceptors (Lipinski definition) is 6. The van der Waals surface area contributed by atoms with Crippen molar-refractivity contribution in [3.63, 3.8) is 0 Å². The van der Waals surface area contributed by atoms with Gasteiger partial charge in [-0.25, -0.2) is 4.98 Å². The van der Waals surface area contributed by atoms with Gasteiger partial charge in [0.25, 0.3) is 5.56 Å². The van der Waals surface area contributed by atoms with Gasteiger partial charge < -0.3 is 4.90 Å². The highest BCUT2D eigenvalue weighted by Crippen LogP contribution is 2.29. The maximum atomic E-state index is 13.1. The Hall–Kier alpha value is -2.19. The molecule has 2 aromatic heterocycles. The van der Waals surface area contributed by atoms with E-state index in [1.54, 1.807) is 10.6 Å². The van der Waals surface area contributed by atoms with E-state index < -0.39 is 0 Å². The van der Waals surface area contributed by atoms with Gasteiger partial charge in [0.15, 0.2) is 5.16 Å². The summed E-state index contributed by atoms with van der Waals surface area (Å²) >= 11 is 1.52. The fraction of sp³-hybridized carbons (Fsp3) is 0.545. The fourth-order valence-corrected chi connectivity index (χ4v) is 4.93. The lowest BCUT2D eigenvalue weighted by atomic mass is 9.92. The Kier molecular flexibility index (Phi) is 5.97. The van der Waals surface area contributed by atoms with E-state index in [1.165, 1.54) is 11.8 Å². The van der Waals surface area contributed by atoms with Gasteiger partial charge in [0.2, 0.25) is 5.91 Å². The summed E-state index contributed by atoms with van der Waals surface area (Å²) in [5.74, 6) is 0.648. The number of hydrogen-bond donors (Lipinski definition) is 0. The average Bonchev–Trinajstić information content (AvgIpc) is 2.73. The molecule has 0 aromatic carbocycles. The molecule has 1 saturated heterocycles. The van der Waals surface area contributed by atoms with Crippen molar-refractivity contribution in [1.82, 2.24) is 24.3 Å². The molecule has 1 unspecified atom stereocenters. The first kappa shape index (κ1) is 21.1. The van der Waals surface area contributed by atoms with Crippen LogP contribution in [0.1, 0.15) is 32.2 Å². The molecule has 0 N–H and O–H groups in total. The topological polar surface area (TPSA) is 71.3 Å². The summed E-state index contributed by atoms with van der Waals surface area (Å²) in [6.45, 7) is 10.5. The van der Waals surface area contributed by atoms with Crippen molar-refractivity contribution in [1.29, 1.82) is 0 Å². The van der Waals surface area contributed by atoms with Crippen molar-refractivity contribution < 1.29 is 4.79 Å². The molecular formula is C22H29N5O2S. The summed E-state index contributed by atoms with van der Waals surface area (Å²) in [5.41, 5.74) is 1.63. The molecule has 1 amide bonds. The van der Waals surface area contributed by atoms with E-state index in [2.05, 4.69) is 35.6 Å². The first-order valence-electron chi connectivity index (χ1n) is 10.5. The maximum Gasteiger partial charge on any atom is 0.254 e. The van der Waals surface area contributed by atoms with Gasteiger partial charge in [-0.05, 0) is 12.1 Å². The molecule has 0 bridgehead atoms. The number of carbonyl (C=O) groups is 1. The average molecular weight is 428 g/mol. The highest BCUT2D eigenvalue weighted by Gasteiger charge is 2.32. The monoisotopic (exact) mass is 427 g/mol. The van der Waals surface area contributed by atoms with E-state index in [1.807, 2.05) is 29.3 Å². The molecule has 2 aliphatic rings. The molecule has 4 rings (SSSR count). The van der Waals surface area contributed by atoms with Crippen molar-refractivity contribution >= 4 is 17.7 Å². The lowest BCUT2D eigenvalue weighted by molar-refractivity contribution is -0.137. The smallest absolute Gasteiger partial charge is 0.254 e. The molecule has 2 aliphatic heterocycles. The number of piperazine rings is 1. The van der Waals surface area contributed by atoms with Crippen LogP contribution >= 0.6 is 11.8 Å². The van der Waals surface area contributed by atoms with Crippen molar-refractivity contribution in [2.45, 2.75) is 44.4 Å². The van der Waals surface area contributed by atoms with Gasteiger partial charge in [-0.2, -0.15) is 0 Å².